The third-order valence-corrected chi connectivity index (χ3v) is 3.18. The molecule has 0 fully saturated rings. The highest BCUT2D eigenvalue weighted by Gasteiger charge is 2.10. The molecule has 6 nitrogen and oxygen atoms in total. The zero-order valence-electron chi connectivity index (χ0n) is 12.2. The number of aromatic nitrogens is 2. The second kappa shape index (κ2) is 8.31. The summed E-state index contributed by atoms with van der Waals surface area (Å²) in [5.41, 5.74) is 0.812. The summed E-state index contributed by atoms with van der Waals surface area (Å²) in [4.78, 5) is 20.2. The number of methoxy groups -OCH3 is 1. The molecular formula is C15H17ClN4O2. The number of carbonyl (C=O) groups is 1. The van der Waals surface area contributed by atoms with Gasteiger partial charge in [-0.25, -0.2) is 9.97 Å². The van der Waals surface area contributed by atoms with Crippen molar-refractivity contribution in [3.8, 4) is 0 Å². The molecular weight excluding hydrogens is 304 g/mol. The number of carbonyl (C=O) groups excluding carboxylic acids is 1. The lowest BCUT2D eigenvalue weighted by atomic mass is 10.3. The molecule has 1 amide bonds. The maximum absolute atomic E-state index is 12.2. The van der Waals surface area contributed by atoms with Crippen LogP contribution in [0.4, 0.5) is 11.5 Å². The van der Waals surface area contributed by atoms with Gasteiger partial charge in [0.05, 0.1) is 10.7 Å². The minimum Gasteiger partial charge on any atom is -0.385 e. The van der Waals surface area contributed by atoms with Crippen LogP contribution >= 0.6 is 11.6 Å². The Kier molecular flexibility index (Phi) is 6.12. The van der Waals surface area contributed by atoms with Crippen LogP contribution in [0.1, 0.15) is 16.9 Å². The van der Waals surface area contributed by atoms with Gasteiger partial charge in [-0.05, 0) is 18.6 Å². The van der Waals surface area contributed by atoms with Crippen molar-refractivity contribution in [2.45, 2.75) is 6.42 Å². The van der Waals surface area contributed by atoms with E-state index in [9.17, 15) is 4.79 Å². The van der Waals surface area contributed by atoms with Crippen LogP contribution in [0.3, 0.4) is 0 Å². The maximum Gasteiger partial charge on any atom is 0.274 e. The summed E-state index contributed by atoms with van der Waals surface area (Å²) in [6.45, 7) is 1.37. The van der Waals surface area contributed by atoms with Gasteiger partial charge in [-0.2, -0.15) is 0 Å². The van der Waals surface area contributed by atoms with Crippen LogP contribution in [0.2, 0.25) is 5.02 Å². The average molecular weight is 321 g/mol. The molecule has 2 aromatic rings. The number of nitrogens with one attached hydrogen (secondary N) is 2. The van der Waals surface area contributed by atoms with Gasteiger partial charge in [0.15, 0.2) is 0 Å². The number of rotatable bonds is 7. The number of benzene rings is 1. The van der Waals surface area contributed by atoms with Gasteiger partial charge in [0.2, 0.25) is 0 Å². The Hall–Kier alpha value is -2.18. The summed E-state index contributed by atoms with van der Waals surface area (Å²) in [6, 6.07) is 8.62. The lowest BCUT2D eigenvalue weighted by Crippen LogP contribution is -2.15. The molecule has 0 spiro atoms. The van der Waals surface area contributed by atoms with Gasteiger partial charge in [-0.1, -0.05) is 23.7 Å². The molecule has 1 aromatic heterocycles. The van der Waals surface area contributed by atoms with Crippen LogP contribution in [0.15, 0.2) is 36.7 Å². The van der Waals surface area contributed by atoms with Crippen LogP contribution < -0.4 is 10.6 Å². The number of ether oxygens (including phenoxy) is 1. The van der Waals surface area contributed by atoms with Crippen molar-refractivity contribution in [3.05, 3.63) is 47.4 Å². The van der Waals surface area contributed by atoms with Crippen molar-refractivity contribution in [2.24, 2.45) is 0 Å². The van der Waals surface area contributed by atoms with Crippen LogP contribution in [-0.2, 0) is 4.74 Å². The monoisotopic (exact) mass is 320 g/mol. The fraction of sp³-hybridized carbons (Fsp3) is 0.267. The molecule has 0 unspecified atom stereocenters. The molecule has 0 aliphatic carbocycles. The molecule has 2 N–H and O–H groups in total. The van der Waals surface area contributed by atoms with Gasteiger partial charge in [-0.3, -0.25) is 4.79 Å². The molecule has 0 atom stereocenters. The first-order valence-corrected chi connectivity index (χ1v) is 7.19. The minimum absolute atomic E-state index is 0.268. The highest BCUT2D eigenvalue weighted by Crippen LogP contribution is 2.21. The Labute approximate surface area is 133 Å². The highest BCUT2D eigenvalue weighted by atomic mass is 35.5. The molecule has 0 aliphatic heterocycles. The fourth-order valence-electron chi connectivity index (χ4n) is 1.76. The molecule has 0 aliphatic rings. The van der Waals surface area contributed by atoms with Crippen LogP contribution in [-0.4, -0.2) is 36.1 Å². The van der Waals surface area contributed by atoms with Crippen molar-refractivity contribution in [2.75, 3.05) is 30.9 Å². The second-order valence-electron chi connectivity index (χ2n) is 4.50. The van der Waals surface area contributed by atoms with Gasteiger partial charge < -0.3 is 15.4 Å². The Morgan fingerprint density at radius 1 is 1.32 bits per heavy atom. The molecule has 1 heterocycles. The third-order valence-electron chi connectivity index (χ3n) is 2.85. The van der Waals surface area contributed by atoms with E-state index in [1.54, 1.807) is 37.4 Å². The van der Waals surface area contributed by atoms with Crippen LogP contribution in [0.25, 0.3) is 0 Å². The minimum atomic E-state index is -0.338. The Morgan fingerprint density at radius 3 is 2.91 bits per heavy atom. The first-order chi connectivity index (χ1) is 10.7. The zero-order valence-corrected chi connectivity index (χ0v) is 12.9. The van der Waals surface area contributed by atoms with Crippen LogP contribution in [0.5, 0.6) is 0 Å². The summed E-state index contributed by atoms with van der Waals surface area (Å²) in [5, 5.41) is 6.31. The molecule has 0 saturated carbocycles. The molecule has 0 radical (unpaired) electrons. The molecule has 7 heteroatoms. The highest BCUT2D eigenvalue weighted by molar-refractivity contribution is 6.33. The molecule has 22 heavy (non-hydrogen) atoms. The summed E-state index contributed by atoms with van der Waals surface area (Å²) in [7, 11) is 1.65. The standard InChI is InChI=1S/C15H17ClN4O2/c1-22-8-4-7-17-14-9-13(18-10-19-14)15(21)20-12-6-3-2-5-11(12)16/h2-3,5-6,9-10H,4,7-8H2,1H3,(H,20,21)(H,17,18,19). The molecule has 1 aromatic carbocycles. The second-order valence-corrected chi connectivity index (χ2v) is 4.90. The topological polar surface area (TPSA) is 76.1 Å². The van der Waals surface area contributed by atoms with E-state index < -0.39 is 0 Å². The number of anilines is 2. The van der Waals surface area contributed by atoms with Gasteiger partial charge in [-0.15, -0.1) is 0 Å². The van der Waals surface area contributed by atoms with Gasteiger partial charge in [0, 0.05) is 26.3 Å². The normalized spacial score (nSPS) is 10.3. The molecule has 0 saturated heterocycles. The van der Waals surface area contributed by atoms with E-state index in [1.807, 2.05) is 0 Å². The van der Waals surface area contributed by atoms with Crippen molar-refractivity contribution >= 4 is 29.0 Å². The van der Waals surface area contributed by atoms with Crippen molar-refractivity contribution < 1.29 is 9.53 Å². The van der Waals surface area contributed by atoms with E-state index in [0.717, 1.165) is 6.42 Å². The zero-order chi connectivity index (χ0) is 15.8. The third kappa shape index (κ3) is 4.68. The van der Waals surface area contributed by atoms with E-state index in [2.05, 4.69) is 20.6 Å². The number of hydrogen-bond acceptors (Lipinski definition) is 5. The van der Waals surface area contributed by atoms with E-state index in [0.29, 0.717) is 29.7 Å². The van der Waals surface area contributed by atoms with Crippen molar-refractivity contribution in [1.29, 1.82) is 0 Å². The lowest BCUT2D eigenvalue weighted by Gasteiger charge is -2.08. The SMILES string of the molecule is COCCCNc1cc(C(=O)Nc2ccccc2Cl)ncn1. The van der Waals surface area contributed by atoms with Crippen molar-refractivity contribution in [1.82, 2.24) is 9.97 Å². The first kappa shape index (κ1) is 16.2. The van der Waals surface area contributed by atoms with Gasteiger partial charge in [0.1, 0.15) is 17.8 Å². The summed E-state index contributed by atoms with van der Waals surface area (Å²) < 4.78 is 4.97. The summed E-state index contributed by atoms with van der Waals surface area (Å²) >= 11 is 6.01. The van der Waals surface area contributed by atoms with E-state index in [1.165, 1.54) is 6.33 Å². The average Bonchev–Trinajstić information content (AvgIpc) is 2.54. The molecule has 116 valence electrons. The van der Waals surface area contributed by atoms with E-state index >= 15 is 0 Å². The number of nitrogens with zero attached hydrogens (tertiary/aromatic N) is 2. The Bertz CT molecular complexity index is 636. The number of amides is 1. The fourth-order valence-corrected chi connectivity index (χ4v) is 1.94. The predicted molar refractivity (Wildman–Crippen MR) is 86.4 cm³/mol. The van der Waals surface area contributed by atoms with Gasteiger partial charge >= 0.3 is 0 Å². The van der Waals surface area contributed by atoms with Crippen LogP contribution in [0, 0.1) is 0 Å². The van der Waals surface area contributed by atoms with Crippen molar-refractivity contribution in [3.63, 3.8) is 0 Å². The largest absolute Gasteiger partial charge is 0.385 e. The maximum atomic E-state index is 12.2. The molecule has 0 bridgehead atoms. The summed E-state index contributed by atoms with van der Waals surface area (Å²) in [5.74, 6) is 0.255. The number of halogens is 1. The Morgan fingerprint density at radius 2 is 2.14 bits per heavy atom. The van der Waals surface area contributed by atoms with E-state index in [4.69, 9.17) is 16.3 Å². The Balaban J connectivity index is 1.99. The quantitative estimate of drug-likeness (QED) is 0.767. The molecule has 2 rings (SSSR count). The predicted octanol–water partition coefficient (Wildman–Crippen LogP) is 2.83. The summed E-state index contributed by atoms with van der Waals surface area (Å²) in [6.07, 6.45) is 2.20. The first-order valence-electron chi connectivity index (χ1n) is 6.81. The van der Waals surface area contributed by atoms with Gasteiger partial charge in [0.25, 0.3) is 5.91 Å². The van der Waals surface area contributed by atoms with E-state index in [-0.39, 0.29) is 11.6 Å². The lowest BCUT2D eigenvalue weighted by molar-refractivity contribution is 0.102. The number of hydrogen-bond donors (Lipinski definition) is 2. The smallest absolute Gasteiger partial charge is 0.274 e. The number of para-hydroxylation sites is 1.